The van der Waals surface area contributed by atoms with Crippen LogP contribution in [0, 0.1) is 34.6 Å². The smallest absolute Gasteiger partial charge is 0.0808 e. The Kier molecular flexibility index (Phi) is 6.77. The normalized spacial score (nSPS) is 14.8. The summed E-state index contributed by atoms with van der Waals surface area (Å²) in [6, 6.07) is 12.4. The summed E-state index contributed by atoms with van der Waals surface area (Å²) in [7, 11) is -1.27. The van der Waals surface area contributed by atoms with Crippen LogP contribution in [0.25, 0.3) is 5.57 Å². The molecular weight excluding hydrogens is 352 g/mol. The summed E-state index contributed by atoms with van der Waals surface area (Å²) < 4.78 is 0. The minimum absolute atomic E-state index is 1.10. The molecule has 0 heterocycles. The molecule has 0 radical (unpaired) electrons. The van der Waals surface area contributed by atoms with Gasteiger partial charge in [0.2, 0.25) is 0 Å². The lowest BCUT2D eigenvalue weighted by Gasteiger charge is -2.27. The molecule has 0 aromatic heterocycles. The van der Waals surface area contributed by atoms with Crippen molar-refractivity contribution in [3.05, 3.63) is 81.1 Å². The van der Waals surface area contributed by atoms with Crippen molar-refractivity contribution < 1.29 is 0 Å². The summed E-state index contributed by atoms with van der Waals surface area (Å²) in [6.07, 6.45) is 10.1. The number of hydrogen-bond acceptors (Lipinski definition) is 0. The molecule has 0 fully saturated rings. The first-order valence-corrected chi connectivity index (χ1v) is 13.0. The average molecular weight is 389 g/mol. The van der Waals surface area contributed by atoms with Crippen molar-refractivity contribution in [1.29, 1.82) is 0 Å². The average Bonchev–Trinajstić information content (AvgIpc) is 3.20. The lowest BCUT2D eigenvalue weighted by Crippen LogP contribution is -2.38. The molecule has 0 bridgehead atoms. The molecule has 0 spiro atoms. The molecule has 28 heavy (non-hydrogen) atoms. The molecule has 0 saturated carbocycles. The second kappa shape index (κ2) is 9.09. The molecule has 0 amide bonds. The topological polar surface area (TPSA) is 0 Å². The highest BCUT2D eigenvalue weighted by Gasteiger charge is 2.28. The van der Waals surface area contributed by atoms with Gasteiger partial charge >= 0.3 is 0 Å². The molecule has 1 aliphatic carbocycles. The van der Waals surface area contributed by atoms with Crippen molar-refractivity contribution in [2.75, 3.05) is 0 Å². The van der Waals surface area contributed by atoms with E-state index in [1.807, 2.05) is 0 Å². The van der Waals surface area contributed by atoms with Gasteiger partial charge in [0.15, 0.2) is 0 Å². The fraction of sp³-hybridized carbons (Fsp3) is 0.407. The summed E-state index contributed by atoms with van der Waals surface area (Å²) in [5, 5.41) is 3.42. The molecule has 0 saturated heterocycles. The fourth-order valence-electron chi connectivity index (χ4n) is 4.87. The fourth-order valence-corrected chi connectivity index (χ4v) is 9.04. The molecule has 1 unspecified atom stereocenters. The molecule has 3 rings (SSSR count). The van der Waals surface area contributed by atoms with Gasteiger partial charge in [-0.15, -0.1) is 0 Å². The molecule has 2 aromatic rings. The molecule has 0 aliphatic heterocycles. The number of benzene rings is 2. The zero-order valence-corrected chi connectivity index (χ0v) is 19.8. The first-order valence-electron chi connectivity index (χ1n) is 11.0. The maximum atomic E-state index is 2.55. The van der Waals surface area contributed by atoms with E-state index in [0.29, 0.717) is 0 Å². The van der Waals surface area contributed by atoms with E-state index >= 15 is 0 Å². The summed E-state index contributed by atoms with van der Waals surface area (Å²) in [6.45, 7) is 14.0. The predicted octanol–water partition coefficient (Wildman–Crippen LogP) is 6.81. The maximum absolute atomic E-state index is 2.55. The summed E-state index contributed by atoms with van der Waals surface area (Å²) >= 11 is 0. The lowest BCUT2D eigenvalue weighted by atomic mass is 9.95. The van der Waals surface area contributed by atoms with Gasteiger partial charge in [-0.1, -0.05) is 85.1 Å². The largest absolute Gasteiger partial charge is 0.104 e. The minimum atomic E-state index is -1.27. The van der Waals surface area contributed by atoms with Crippen molar-refractivity contribution in [1.82, 2.24) is 0 Å². The summed E-state index contributed by atoms with van der Waals surface area (Å²) in [4.78, 5) is 0. The van der Waals surface area contributed by atoms with Gasteiger partial charge in [0.1, 0.15) is 8.80 Å². The highest BCUT2D eigenvalue weighted by atomic mass is 28.3. The van der Waals surface area contributed by atoms with E-state index in [-0.39, 0.29) is 0 Å². The third kappa shape index (κ3) is 3.96. The molecule has 1 heteroatoms. The van der Waals surface area contributed by atoms with Gasteiger partial charge in [0.05, 0.1) is 0 Å². The minimum Gasteiger partial charge on any atom is -0.0808 e. The SMILES string of the molecule is CCCCC[SiH](C1=CCC=C1c1ccccc1)c1c(C)c(C)c(C)c(C)c1C. The Morgan fingerprint density at radius 3 is 1.96 bits per heavy atom. The Morgan fingerprint density at radius 2 is 1.36 bits per heavy atom. The van der Waals surface area contributed by atoms with E-state index in [1.54, 1.807) is 21.5 Å². The highest BCUT2D eigenvalue weighted by Crippen LogP contribution is 2.34. The Balaban J connectivity index is 2.10. The van der Waals surface area contributed by atoms with Gasteiger partial charge in [0, 0.05) is 0 Å². The van der Waals surface area contributed by atoms with Crippen LogP contribution in [-0.2, 0) is 0 Å². The molecule has 0 nitrogen and oxygen atoms in total. The van der Waals surface area contributed by atoms with E-state index in [2.05, 4.69) is 84.0 Å². The summed E-state index contributed by atoms with van der Waals surface area (Å²) in [5.41, 5.74) is 10.5. The van der Waals surface area contributed by atoms with E-state index in [0.717, 1.165) is 6.42 Å². The van der Waals surface area contributed by atoms with Crippen molar-refractivity contribution >= 4 is 19.6 Å². The van der Waals surface area contributed by atoms with Crippen LogP contribution in [0.4, 0.5) is 0 Å². The van der Waals surface area contributed by atoms with Gasteiger partial charge in [-0.2, -0.15) is 0 Å². The monoisotopic (exact) mass is 388 g/mol. The standard InChI is InChI=1S/C27H36Si/c1-7-8-12-18-28(27-22(5)20(3)19(2)21(4)23(27)6)26-17-13-16-25(26)24-14-10-9-11-15-24/h9-11,14-17,28H,7-8,12-13,18H2,1-6H3. The molecule has 1 aliphatic rings. The number of hydrogen-bond donors (Lipinski definition) is 0. The molecule has 0 N–H and O–H groups in total. The lowest BCUT2D eigenvalue weighted by molar-refractivity contribution is 0.767. The van der Waals surface area contributed by atoms with Crippen LogP contribution in [0.5, 0.6) is 0 Å². The van der Waals surface area contributed by atoms with Crippen LogP contribution in [0.15, 0.2) is 47.7 Å². The number of unbranched alkanes of at least 4 members (excludes halogenated alkanes) is 2. The van der Waals surface area contributed by atoms with Gasteiger partial charge < -0.3 is 0 Å². The Bertz CT molecular complexity index is 871. The maximum Gasteiger partial charge on any atom is 0.104 e. The first-order chi connectivity index (χ1) is 13.5. The van der Waals surface area contributed by atoms with Crippen LogP contribution in [0.3, 0.4) is 0 Å². The van der Waals surface area contributed by atoms with Crippen molar-refractivity contribution in [2.24, 2.45) is 0 Å². The van der Waals surface area contributed by atoms with Gasteiger partial charge in [-0.3, -0.25) is 0 Å². The molecular formula is C27H36Si. The number of allylic oxidation sites excluding steroid dienone is 4. The molecule has 2 aromatic carbocycles. The Morgan fingerprint density at radius 1 is 0.750 bits per heavy atom. The Labute approximate surface area is 174 Å². The van der Waals surface area contributed by atoms with Crippen molar-refractivity contribution in [3.63, 3.8) is 0 Å². The predicted molar refractivity (Wildman–Crippen MR) is 128 cm³/mol. The zero-order valence-electron chi connectivity index (χ0n) is 18.7. The van der Waals surface area contributed by atoms with Gasteiger partial charge in [-0.25, -0.2) is 0 Å². The van der Waals surface area contributed by atoms with Crippen LogP contribution < -0.4 is 5.19 Å². The number of rotatable bonds is 7. The Hall–Kier alpha value is -1.86. The zero-order chi connectivity index (χ0) is 20.3. The van der Waals surface area contributed by atoms with E-state index < -0.39 is 8.80 Å². The van der Waals surface area contributed by atoms with Gasteiger partial charge in [0.25, 0.3) is 0 Å². The van der Waals surface area contributed by atoms with E-state index in [9.17, 15) is 0 Å². The van der Waals surface area contributed by atoms with Gasteiger partial charge in [-0.05, 0) is 80.0 Å². The second-order valence-electron chi connectivity index (χ2n) is 8.47. The van der Waals surface area contributed by atoms with Crippen LogP contribution in [0.1, 0.15) is 66.0 Å². The van der Waals surface area contributed by atoms with Crippen molar-refractivity contribution in [3.8, 4) is 0 Å². The van der Waals surface area contributed by atoms with Crippen LogP contribution in [-0.4, -0.2) is 8.80 Å². The first kappa shape index (κ1) is 20.9. The summed E-state index contributed by atoms with van der Waals surface area (Å²) in [5.74, 6) is 0. The molecule has 148 valence electrons. The van der Waals surface area contributed by atoms with E-state index in [4.69, 9.17) is 0 Å². The third-order valence-electron chi connectivity index (χ3n) is 6.93. The second-order valence-corrected chi connectivity index (χ2v) is 11.3. The van der Waals surface area contributed by atoms with Crippen LogP contribution in [0.2, 0.25) is 6.04 Å². The molecule has 1 atom stereocenters. The third-order valence-corrected chi connectivity index (χ3v) is 10.8. The van der Waals surface area contributed by atoms with Crippen LogP contribution >= 0.6 is 0 Å². The quantitative estimate of drug-likeness (QED) is 0.361. The highest BCUT2D eigenvalue weighted by molar-refractivity contribution is 6.83. The van der Waals surface area contributed by atoms with Crippen molar-refractivity contribution in [2.45, 2.75) is 73.3 Å². The van der Waals surface area contributed by atoms with E-state index in [1.165, 1.54) is 53.1 Å².